The maximum absolute atomic E-state index is 12.6. The van der Waals surface area contributed by atoms with Gasteiger partial charge in [0.25, 0.3) is 10.0 Å². The van der Waals surface area contributed by atoms with E-state index in [0.717, 1.165) is 5.56 Å². The number of nitrogens with one attached hydrogen (secondary N) is 3. The molecule has 3 aromatic carbocycles. The molecular weight excluding hydrogens is 458 g/mol. The summed E-state index contributed by atoms with van der Waals surface area (Å²) in [4.78, 5) is 12.1. The van der Waals surface area contributed by atoms with Crippen molar-refractivity contribution in [3.8, 4) is 5.75 Å². The molecule has 3 rings (SSSR count). The largest absolute Gasteiger partial charge is 0.494 e. The Morgan fingerprint density at radius 1 is 0.939 bits per heavy atom. The molecule has 1 amide bonds. The van der Waals surface area contributed by atoms with Crippen LogP contribution in [0.4, 0.5) is 11.4 Å². The van der Waals surface area contributed by atoms with E-state index in [2.05, 4.69) is 15.4 Å². The molecule has 0 bridgehead atoms. The van der Waals surface area contributed by atoms with Gasteiger partial charge in [-0.3, -0.25) is 14.8 Å². The average molecular weight is 482 g/mol. The Kier molecular flexibility index (Phi) is 8.17. The number of anilines is 2. The van der Waals surface area contributed by atoms with Crippen LogP contribution in [-0.4, -0.2) is 26.0 Å². The first-order valence-corrected chi connectivity index (χ1v) is 12.0. The van der Waals surface area contributed by atoms with Crippen LogP contribution in [0, 0.1) is 0 Å². The second kappa shape index (κ2) is 11.3. The lowest BCUT2D eigenvalue weighted by Gasteiger charge is -2.11. The maximum Gasteiger partial charge on any atom is 0.261 e. The van der Waals surface area contributed by atoms with E-state index in [1.54, 1.807) is 42.5 Å². The lowest BCUT2D eigenvalue weighted by molar-refractivity contribution is -0.115. The Morgan fingerprint density at radius 2 is 1.58 bits per heavy atom. The molecule has 0 spiro atoms. The third-order valence-corrected chi connectivity index (χ3v) is 5.90. The molecule has 7 nitrogen and oxygen atoms in total. The van der Waals surface area contributed by atoms with E-state index in [1.165, 1.54) is 18.2 Å². The number of benzene rings is 3. The molecule has 3 N–H and O–H groups in total. The number of sulfonamides is 1. The van der Waals surface area contributed by atoms with Gasteiger partial charge < -0.3 is 10.1 Å². The summed E-state index contributed by atoms with van der Waals surface area (Å²) in [5.74, 6) is 0.282. The fourth-order valence-corrected chi connectivity index (χ4v) is 4.05. The Labute approximate surface area is 198 Å². The predicted molar refractivity (Wildman–Crippen MR) is 135 cm³/mol. The molecule has 3 aromatic rings. The Balaban J connectivity index is 1.55. The predicted octanol–water partition coefficient (Wildman–Crippen LogP) is 4.41. The highest BCUT2D eigenvalue weighted by Gasteiger charge is 2.14. The number of thiocarbonyl (C=S) groups is 1. The third-order valence-electron chi connectivity index (χ3n) is 4.30. The number of hydrogen-bond donors (Lipinski definition) is 3. The highest BCUT2D eigenvalue weighted by molar-refractivity contribution is 7.92. The van der Waals surface area contributed by atoms with Gasteiger partial charge >= 0.3 is 0 Å². The van der Waals surface area contributed by atoms with Gasteiger partial charge in [0.05, 0.1) is 11.5 Å². The summed E-state index contributed by atoms with van der Waals surface area (Å²) in [6.45, 7) is 2.40. The first-order chi connectivity index (χ1) is 15.9. The van der Waals surface area contributed by atoms with Crippen molar-refractivity contribution in [2.75, 3.05) is 16.6 Å². The number of rotatable bonds is 8. The van der Waals surface area contributed by atoms with Gasteiger partial charge in [0, 0.05) is 17.5 Å². The molecule has 0 atom stereocenters. The van der Waals surface area contributed by atoms with E-state index in [-0.39, 0.29) is 15.9 Å². The van der Waals surface area contributed by atoms with Crippen molar-refractivity contribution in [1.29, 1.82) is 0 Å². The zero-order valence-corrected chi connectivity index (χ0v) is 19.4. The van der Waals surface area contributed by atoms with Crippen LogP contribution in [-0.2, 0) is 14.8 Å². The smallest absolute Gasteiger partial charge is 0.261 e. The van der Waals surface area contributed by atoms with Gasteiger partial charge in [-0.15, -0.1) is 0 Å². The van der Waals surface area contributed by atoms with Crippen molar-refractivity contribution in [2.24, 2.45) is 0 Å². The van der Waals surface area contributed by atoms with Gasteiger partial charge in [-0.25, -0.2) is 8.42 Å². The minimum atomic E-state index is -3.77. The quantitative estimate of drug-likeness (QED) is 0.326. The summed E-state index contributed by atoms with van der Waals surface area (Å²) >= 11 is 5.15. The molecule has 0 aromatic heterocycles. The molecule has 0 fully saturated rings. The number of carbonyl (C=O) groups excluding carboxylic acids is 1. The maximum atomic E-state index is 12.6. The van der Waals surface area contributed by atoms with Crippen molar-refractivity contribution in [3.63, 3.8) is 0 Å². The molecule has 33 heavy (non-hydrogen) atoms. The Morgan fingerprint density at radius 3 is 2.21 bits per heavy atom. The monoisotopic (exact) mass is 481 g/mol. The molecule has 0 aliphatic carbocycles. The molecule has 0 radical (unpaired) electrons. The van der Waals surface area contributed by atoms with Gasteiger partial charge in [0.15, 0.2) is 5.11 Å². The van der Waals surface area contributed by atoms with Crippen molar-refractivity contribution in [2.45, 2.75) is 11.8 Å². The first-order valence-electron chi connectivity index (χ1n) is 10.1. The highest BCUT2D eigenvalue weighted by Crippen LogP contribution is 2.20. The van der Waals surface area contributed by atoms with E-state index in [9.17, 15) is 13.2 Å². The molecule has 0 aliphatic heterocycles. The van der Waals surface area contributed by atoms with Crippen LogP contribution >= 0.6 is 12.2 Å². The molecule has 0 aliphatic rings. The minimum Gasteiger partial charge on any atom is -0.494 e. The first kappa shape index (κ1) is 24.0. The lowest BCUT2D eigenvalue weighted by atomic mass is 10.2. The lowest BCUT2D eigenvalue weighted by Crippen LogP contribution is -2.32. The molecule has 9 heteroatoms. The molecule has 0 heterocycles. The summed E-state index contributed by atoms with van der Waals surface area (Å²) in [7, 11) is -3.77. The van der Waals surface area contributed by atoms with Crippen molar-refractivity contribution in [3.05, 3.63) is 90.5 Å². The molecule has 0 saturated carbocycles. The van der Waals surface area contributed by atoms with E-state index < -0.39 is 10.0 Å². The van der Waals surface area contributed by atoms with Crippen molar-refractivity contribution in [1.82, 2.24) is 5.32 Å². The van der Waals surface area contributed by atoms with Crippen molar-refractivity contribution >= 4 is 50.7 Å². The van der Waals surface area contributed by atoms with Crippen LogP contribution < -0.4 is 20.1 Å². The SMILES string of the molecule is CCOc1ccc(NS(=O)(=O)c2ccc(NC(=S)NC(=O)C=Cc3ccccc3)cc2)cc1. The third kappa shape index (κ3) is 7.44. The summed E-state index contributed by atoms with van der Waals surface area (Å²) in [6.07, 6.45) is 3.06. The van der Waals surface area contributed by atoms with Crippen LogP contribution in [0.15, 0.2) is 89.8 Å². The van der Waals surface area contributed by atoms with Gasteiger partial charge in [-0.05, 0) is 79.3 Å². The van der Waals surface area contributed by atoms with Gasteiger partial charge in [-0.2, -0.15) is 0 Å². The van der Waals surface area contributed by atoms with Crippen LogP contribution in [0.1, 0.15) is 12.5 Å². The van der Waals surface area contributed by atoms with Crippen LogP contribution in [0.2, 0.25) is 0 Å². The average Bonchev–Trinajstić information content (AvgIpc) is 2.80. The van der Waals surface area contributed by atoms with Crippen LogP contribution in [0.5, 0.6) is 5.75 Å². The van der Waals surface area contributed by atoms with Crippen LogP contribution in [0.3, 0.4) is 0 Å². The Hall–Kier alpha value is -3.69. The molecule has 170 valence electrons. The summed E-state index contributed by atoms with van der Waals surface area (Å²) in [6, 6.07) is 22.1. The molecule has 0 saturated heterocycles. The number of ether oxygens (including phenoxy) is 1. The van der Waals surface area contributed by atoms with E-state index in [1.807, 2.05) is 37.3 Å². The highest BCUT2D eigenvalue weighted by atomic mass is 32.2. The van der Waals surface area contributed by atoms with E-state index >= 15 is 0 Å². The normalized spacial score (nSPS) is 11.1. The van der Waals surface area contributed by atoms with Crippen LogP contribution in [0.25, 0.3) is 6.08 Å². The standard InChI is InChI=1S/C24H23N3O4S2/c1-2-31-21-13-9-20(10-14-21)27-33(29,30)22-15-11-19(12-16-22)25-24(32)26-23(28)17-8-18-6-4-3-5-7-18/h3-17,27H,2H2,1H3,(H2,25,26,28,32). The second-order valence-corrected chi connectivity index (χ2v) is 8.87. The zero-order valence-electron chi connectivity index (χ0n) is 17.8. The van der Waals surface area contributed by atoms with Gasteiger partial charge in [0.2, 0.25) is 5.91 Å². The molecule has 0 unspecified atom stereocenters. The Bertz CT molecular complexity index is 1220. The number of carbonyl (C=O) groups is 1. The fraction of sp³-hybridized carbons (Fsp3) is 0.0833. The van der Waals surface area contributed by atoms with Gasteiger partial charge in [-0.1, -0.05) is 30.3 Å². The second-order valence-electron chi connectivity index (χ2n) is 6.77. The van der Waals surface area contributed by atoms with Gasteiger partial charge in [0.1, 0.15) is 5.75 Å². The molecular formula is C24H23N3O4S2. The van der Waals surface area contributed by atoms with Crippen molar-refractivity contribution < 1.29 is 17.9 Å². The summed E-state index contributed by atoms with van der Waals surface area (Å²) < 4.78 is 33.1. The zero-order chi connectivity index (χ0) is 23.7. The minimum absolute atomic E-state index is 0.0858. The van der Waals surface area contributed by atoms with E-state index in [0.29, 0.717) is 23.7 Å². The summed E-state index contributed by atoms with van der Waals surface area (Å²) in [5.41, 5.74) is 1.85. The van der Waals surface area contributed by atoms with E-state index in [4.69, 9.17) is 17.0 Å². The fourth-order valence-electron chi connectivity index (χ4n) is 2.77. The summed E-state index contributed by atoms with van der Waals surface area (Å²) in [5, 5.41) is 5.50. The number of amides is 1. The number of hydrogen-bond acceptors (Lipinski definition) is 5. The topological polar surface area (TPSA) is 96.5 Å².